The van der Waals surface area contributed by atoms with Crippen molar-refractivity contribution < 1.29 is 9.53 Å². The van der Waals surface area contributed by atoms with Gasteiger partial charge in [-0.15, -0.1) is 11.3 Å². The van der Waals surface area contributed by atoms with Crippen LogP contribution < -0.4 is 15.6 Å². The Morgan fingerprint density at radius 1 is 1.15 bits per heavy atom. The van der Waals surface area contributed by atoms with Crippen LogP contribution in [0.25, 0.3) is 21.8 Å². The van der Waals surface area contributed by atoms with Gasteiger partial charge in [-0.25, -0.2) is 9.67 Å². The van der Waals surface area contributed by atoms with Gasteiger partial charge >= 0.3 is 0 Å². The molecule has 33 heavy (non-hydrogen) atoms. The molecule has 1 amide bonds. The molecular formula is C24H23N5O3S. The smallest absolute Gasteiger partial charge is 0.267 e. The van der Waals surface area contributed by atoms with Gasteiger partial charge in [0, 0.05) is 47.9 Å². The van der Waals surface area contributed by atoms with E-state index in [1.807, 2.05) is 35.7 Å². The Kier molecular flexibility index (Phi) is 6.89. The lowest BCUT2D eigenvalue weighted by Crippen LogP contribution is -2.37. The lowest BCUT2D eigenvalue weighted by molar-refractivity contribution is -0.124. The van der Waals surface area contributed by atoms with E-state index in [2.05, 4.69) is 20.4 Å². The second kappa shape index (κ2) is 10.2. The minimum Gasteiger partial charge on any atom is -0.497 e. The van der Waals surface area contributed by atoms with Crippen LogP contribution in [0.2, 0.25) is 0 Å². The van der Waals surface area contributed by atoms with Crippen molar-refractivity contribution in [2.24, 2.45) is 0 Å². The summed E-state index contributed by atoms with van der Waals surface area (Å²) in [4.78, 5) is 33.7. The number of aromatic nitrogens is 4. The lowest BCUT2D eigenvalue weighted by atomic mass is 10.2. The molecule has 8 nitrogen and oxygen atoms in total. The van der Waals surface area contributed by atoms with Crippen LogP contribution in [0, 0.1) is 0 Å². The average Bonchev–Trinajstić information content (AvgIpc) is 3.33. The Bertz CT molecular complexity index is 1290. The Morgan fingerprint density at radius 2 is 1.97 bits per heavy atom. The standard InChI is InChI=1S/C24H23N5O3S/c1-16(29-22(30)10-9-21(28-29)18-4-3-12-25-14-18)23(31)26-13-11-19-15-33-24(27-19)17-5-7-20(32-2)8-6-17/h3-10,12,14-16H,11,13H2,1-2H3,(H,26,31). The summed E-state index contributed by atoms with van der Waals surface area (Å²) in [5.74, 6) is 0.519. The van der Waals surface area contributed by atoms with E-state index in [0.717, 1.165) is 27.6 Å². The summed E-state index contributed by atoms with van der Waals surface area (Å²) < 4.78 is 6.38. The molecule has 9 heteroatoms. The van der Waals surface area contributed by atoms with Gasteiger partial charge in [-0.05, 0) is 49.4 Å². The first kappa shape index (κ1) is 22.3. The Labute approximate surface area is 194 Å². The van der Waals surface area contributed by atoms with Crippen molar-refractivity contribution >= 4 is 17.2 Å². The van der Waals surface area contributed by atoms with Crippen LogP contribution in [0.3, 0.4) is 0 Å². The molecule has 0 saturated heterocycles. The first-order valence-corrected chi connectivity index (χ1v) is 11.3. The number of methoxy groups -OCH3 is 1. The number of nitrogens with zero attached hydrogens (tertiary/aromatic N) is 4. The van der Waals surface area contributed by atoms with Crippen LogP contribution in [0.15, 0.2) is 71.1 Å². The van der Waals surface area contributed by atoms with E-state index in [4.69, 9.17) is 4.74 Å². The molecule has 0 aliphatic heterocycles. The Morgan fingerprint density at radius 3 is 2.70 bits per heavy atom. The van der Waals surface area contributed by atoms with E-state index in [1.54, 1.807) is 49.9 Å². The van der Waals surface area contributed by atoms with Gasteiger partial charge in [0.25, 0.3) is 5.56 Å². The molecule has 0 spiro atoms. The molecule has 0 saturated carbocycles. The summed E-state index contributed by atoms with van der Waals surface area (Å²) in [6.07, 6.45) is 3.91. The number of rotatable bonds is 8. The van der Waals surface area contributed by atoms with Gasteiger partial charge in [0.2, 0.25) is 5.91 Å². The van der Waals surface area contributed by atoms with Crippen LogP contribution in [0.1, 0.15) is 18.7 Å². The highest BCUT2D eigenvalue weighted by molar-refractivity contribution is 7.13. The van der Waals surface area contributed by atoms with Crippen molar-refractivity contribution in [2.75, 3.05) is 13.7 Å². The van der Waals surface area contributed by atoms with Gasteiger partial charge in [0.05, 0.1) is 18.5 Å². The number of ether oxygens (including phenoxy) is 1. The summed E-state index contributed by atoms with van der Waals surface area (Å²) in [6, 6.07) is 13.7. The zero-order chi connectivity index (χ0) is 23.2. The number of hydrogen-bond acceptors (Lipinski definition) is 7. The highest BCUT2D eigenvalue weighted by Crippen LogP contribution is 2.25. The van der Waals surface area contributed by atoms with Crippen molar-refractivity contribution in [1.82, 2.24) is 25.1 Å². The zero-order valence-corrected chi connectivity index (χ0v) is 19.1. The van der Waals surface area contributed by atoms with Crippen molar-refractivity contribution in [3.05, 3.63) is 82.4 Å². The molecule has 0 radical (unpaired) electrons. The SMILES string of the molecule is COc1ccc(-c2nc(CCNC(=O)C(C)n3nc(-c4cccnc4)ccc3=O)cs2)cc1. The van der Waals surface area contributed by atoms with Gasteiger partial charge in [-0.1, -0.05) is 0 Å². The number of carbonyl (C=O) groups is 1. The number of thiazole rings is 1. The summed E-state index contributed by atoms with van der Waals surface area (Å²) >= 11 is 1.55. The fraction of sp³-hybridized carbons (Fsp3) is 0.208. The highest BCUT2D eigenvalue weighted by Gasteiger charge is 2.18. The average molecular weight is 462 g/mol. The van der Waals surface area contributed by atoms with E-state index in [9.17, 15) is 9.59 Å². The third-order valence-electron chi connectivity index (χ3n) is 5.10. The Balaban J connectivity index is 1.36. The molecule has 0 fully saturated rings. The van der Waals surface area contributed by atoms with Crippen molar-refractivity contribution in [3.8, 4) is 27.6 Å². The fourth-order valence-corrected chi connectivity index (χ4v) is 4.09. The highest BCUT2D eigenvalue weighted by atomic mass is 32.1. The molecule has 1 atom stereocenters. The van der Waals surface area contributed by atoms with Crippen LogP contribution in [0.5, 0.6) is 5.75 Å². The van der Waals surface area contributed by atoms with Crippen LogP contribution in [0.4, 0.5) is 0 Å². The molecule has 1 N–H and O–H groups in total. The predicted octanol–water partition coefficient (Wildman–Crippen LogP) is 3.36. The maximum Gasteiger partial charge on any atom is 0.267 e. The molecule has 3 heterocycles. The monoisotopic (exact) mass is 461 g/mol. The number of amides is 1. The molecule has 4 aromatic rings. The van der Waals surface area contributed by atoms with E-state index >= 15 is 0 Å². The first-order valence-electron chi connectivity index (χ1n) is 10.4. The van der Waals surface area contributed by atoms with Crippen molar-refractivity contribution in [3.63, 3.8) is 0 Å². The topological polar surface area (TPSA) is 99.0 Å². The Hall–Kier alpha value is -3.85. The maximum atomic E-state index is 12.7. The molecule has 0 aliphatic carbocycles. The molecule has 0 bridgehead atoms. The van der Waals surface area contributed by atoms with Gasteiger partial charge < -0.3 is 10.1 Å². The van der Waals surface area contributed by atoms with Crippen LogP contribution >= 0.6 is 11.3 Å². The van der Waals surface area contributed by atoms with Gasteiger partial charge in [-0.2, -0.15) is 5.10 Å². The zero-order valence-electron chi connectivity index (χ0n) is 18.3. The number of benzene rings is 1. The quantitative estimate of drug-likeness (QED) is 0.432. The van der Waals surface area contributed by atoms with Crippen LogP contribution in [-0.2, 0) is 11.2 Å². The molecule has 4 rings (SSSR count). The number of carbonyl (C=O) groups excluding carboxylic acids is 1. The largest absolute Gasteiger partial charge is 0.497 e. The fourth-order valence-electron chi connectivity index (χ4n) is 3.23. The summed E-state index contributed by atoms with van der Waals surface area (Å²) in [6.45, 7) is 2.06. The number of pyridine rings is 1. The maximum absolute atomic E-state index is 12.7. The second-order valence-electron chi connectivity index (χ2n) is 7.33. The van der Waals surface area contributed by atoms with Gasteiger partial charge in [-0.3, -0.25) is 14.6 Å². The summed E-state index contributed by atoms with van der Waals surface area (Å²) in [5.41, 5.74) is 2.93. The second-order valence-corrected chi connectivity index (χ2v) is 8.19. The molecule has 1 unspecified atom stereocenters. The predicted molar refractivity (Wildman–Crippen MR) is 127 cm³/mol. The normalized spacial score (nSPS) is 11.7. The molecule has 3 aromatic heterocycles. The minimum absolute atomic E-state index is 0.279. The third-order valence-corrected chi connectivity index (χ3v) is 6.04. The molecule has 168 valence electrons. The number of hydrogen-bond donors (Lipinski definition) is 1. The molecule has 1 aromatic carbocycles. The van der Waals surface area contributed by atoms with E-state index in [0.29, 0.717) is 18.7 Å². The van der Waals surface area contributed by atoms with E-state index in [-0.39, 0.29) is 11.5 Å². The van der Waals surface area contributed by atoms with Gasteiger partial charge in [0.1, 0.15) is 16.8 Å². The van der Waals surface area contributed by atoms with Crippen molar-refractivity contribution in [2.45, 2.75) is 19.4 Å². The minimum atomic E-state index is -0.751. The number of nitrogens with one attached hydrogen (secondary N) is 1. The van der Waals surface area contributed by atoms with E-state index in [1.165, 1.54) is 10.7 Å². The first-order chi connectivity index (χ1) is 16.0. The van der Waals surface area contributed by atoms with Crippen LogP contribution in [-0.4, -0.2) is 39.3 Å². The lowest BCUT2D eigenvalue weighted by Gasteiger charge is -2.14. The summed E-state index contributed by atoms with van der Waals surface area (Å²) in [7, 11) is 1.63. The van der Waals surface area contributed by atoms with Crippen molar-refractivity contribution in [1.29, 1.82) is 0 Å². The van der Waals surface area contributed by atoms with E-state index < -0.39 is 6.04 Å². The molecule has 0 aliphatic rings. The van der Waals surface area contributed by atoms with Gasteiger partial charge in [0.15, 0.2) is 0 Å². The molecular weight excluding hydrogens is 438 g/mol. The summed E-state index contributed by atoms with van der Waals surface area (Å²) in [5, 5.41) is 10.1. The third kappa shape index (κ3) is 5.32.